The smallest absolute Gasteiger partial charge is 0.261 e. The van der Waals surface area contributed by atoms with Crippen LogP contribution in [0.25, 0.3) is 0 Å². The predicted octanol–water partition coefficient (Wildman–Crippen LogP) is 3.32. The van der Waals surface area contributed by atoms with Crippen molar-refractivity contribution in [2.45, 2.75) is 6.54 Å². The Morgan fingerprint density at radius 1 is 0.864 bits per heavy atom. The number of benzene rings is 2. The quantitative estimate of drug-likeness (QED) is 0.740. The molecule has 3 aromatic rings. The first kappa shape index (κ1) is 13.9. The molecule has 0 aliphatic carbocycles. The van der Waals surface area contributed by atoms with Gasteiger partial charge in [0, 0.05) is 18.1 Å². The van der Waals surface area contributed by atoms with Crippen molar-refractivity contribution >= 4 is 11.6 Å². The van der Waals surface area contributed by atoms with Gasteiger partial charge in [-0.2, -0.15) is 0 Å². The Labute approximate surface area is 129 Å². The number of hydrogen-bond acceptors (Lipinski definition) is 3. The molecule has 0 radical (unpaired) electrons. The summed E-state index contributed by atoms with van der Waals surface area (Å²) in [6, 6.07) is 19.5. The van der Waals surface area contributed by atoms with E-state index in [2.05, 4.69) is 9.97 Å². The summed E-state index contributed by atoms with van der Waals surface area (Å²) in [6.07, 6.45) is 4.49. The van der Waals surface area contributed by atoms with E-state index in [0.717, 1.165) is 11.3 Å². The highest BCUT2D eigenvalue weighted by Crippen LogP contribution is 2.19. The molecule has 0 unspecified atom stereocenters. The molecule has 0 bridgehead atoms. The minimum absolute atomic E-state index is 0.115. The SMILES string of the molecule is O=C(c1cncnc1)N(Cc1ccccc1)c1ccccc1. The number of hydrogen-bond donors (Lipinski definition) is 0. The Balaban J connectivity index is 1.95. The molecular weight excluding hydrogens is 274 g/mol. The molecule has 4 nitrogen and oxygen atoms in total. The van der Waals surface area contributed by atoms with Gasteiger partial charge in [0.25, 0.3) is 5.91 Å². The third-order valence-electron chi connectivity index (χ3n) is 3.30. The van der Waals surface area contributed by atoms with Crippen LogP contribution in [0.1, 0.15) is 15.9 Å². The summed E-state index contributed by atoms with van der Waals surface area (Å²) < 4.78 is 0. The lowest BCUT2D eigenvalue weighted by atomic mass is 10.1. The van der Waals surface area contributed by atoms with Crippen molar-refractivity contribution in [1.29, 1.82) is 0 Å². The van der Waals surface area contributed by atoms with Crippen molar-refractivity contribution in [2.24, 2.45) is 0 Å². The van der Waals surface area contributed by atoms with Gasteiger partial charge in [-0.1, -0.05) is 48.5 Å². The molecule has 1 aromatic heterocycles. The fraction of sp³-hybridized carbons (Fsp3) is 0.0556. The van der Waals surface area contributed by atoms with E-state index in [4.69, 9.17) is 0 Å². The van der Waals surface area contributed by atoms with E-state index in [9.17, 15) is 4.79 Å². The lowest BCUT2D eigenvalue weighted by molar-refractivity contribution is 0.0984. The van der Waals surface area contributed by atoms with Crippen molar-refractivity contribution in [3.63, 3.8) is 0 Å². The third kappa shape index (κ3) is 3.17. The van der Waals surface area contributed by atoms with Gasteiger partial charge in [-0.05, 0) is 17.7 Å². The van der Waals surface area contributed by atoms with E-state index in [1.807, 2.05) is 60.7 Å². The van der Waals surface area contributed by atoms with Crippen molar-refractivity contribution in [3.8, 4) is 0 Å². The number of nitrogens with zero attached hydrogens (tertiary/aromatic N) is 3. The molecule has 0 aliphatic heterocycles. The Morgan fingerprint density at radius 3 is 2.09 bits per heavy atom. The molecule has 0 saturated heterocycles. The zero-order valence-electron chi connectivity index (χ0n) is 12.0. The lowest BCUT2D eigenvalue weighted by Gasteiger charge is -2.23. The van der Waals surface area contributed by atoms with Crippen LogP contribution in [0, 0.1) is 0 Å². The number of amides is 1. The van der Waals surface area contributed by atoms with Crippen LogP contribution in [0.4, 0.5) is 5.69 Å². The first-order chi connectivity index (χ1) is 10.8. The number of carbonyl (C=O) groups excluding carboxylic acids is 1. The predicted molar refractivity (Wildman–Crippen MR) is 85.4 cm³/mol. The second-order valence-electron chi connectivity index (χ2n) is 4.84. The zero-order valence-corrected chi connectivity index (χ0v) is 12.0. The molecule has 22 heavy (non-hydrogen) atoms. The molecule has 0 fully saturated rings. The average Bonchev–Trinajstić information content (AvgIpc) is 2.61. The molecular formula is C18H15N3O. The normalized spacial score (nSPS) is 10.2. The van der Waals surface area contributed by atoms with Crippen LogP contribution in [-0.2, 0) is 6.54 Å². The number of rotatable bonds is 4. The second kappa shape index (κ2) is 6.63. The van der Waals surface area contributed by atoms with E-state index >= 15 is 0 Å². The third-order valence-corrected chi connectivity index (χ3v) is 3.30. The molecule has 2 aromatic carbocycles. The highest BCUT2D eigenvalue weighted by molar-refractivity contribution is 6.05. The summed E-state index contributed by atoms with van der Waals surface area (Å²) in [4.78, 5) is 22.4. The number of anilines is 1. The Morgan fingerprint density at radius 2 is 1.45 bits per heavy atom. The largest absolute Gasteiger partial charge is 0.304 e. The monoisotopic (exact) mass is 289 g/mol. The van der Waals surface area contributed by atoms with Crippen LogP contribution in [0.5, 0.6) is 0 Å². The van der Waals surface area contributed by atoms with E-state index < -0.39 is 0 Å². The van der Waals surface area contributed by atoms with E-state index in [0.29, 0.717) is 12.1 Å². The van der Waals surface area contributed by atoms with Crippen LogP contribution in [0.2, 0.25) is 0 Å². The minimum atomic E-state index is -0.115. The fourth-order valence-electron chi connectivity index (χ4n) is 2.22. The van der Waals surface area contributed by atoms with Crippen molar-refractivity contribution in [1.82, 2.24) is 9.97 Å². The number of carbonyl (C=O) groups is 1. The van der Waals surface area contributed by atoms with Crippen molar-refractivity contribution < 1.29 is 4.79 Å². The van der Waals surface area contributed by atoms with Gasteiger partial charge < -0.3 is 4.90 Å². The Bertz CT molecular complexity index is 730. The Kier molecular flexibility index (Phi) is 4.20. The van der Waals surface area contributed by atoms with Gasteiger partial charge in [-0.3, -0.25) is 4.79 Å². The first-order valence-corrected chi connectivity index (χ1v) is 7.00. The van der Waals surface area contributed by atoms with E-state index in [1.54, 1.807) is 4.90 Å². The maximum absolute atomic E-state index is 12.8. The number of aromatic nitrogens is 2. The van der Waals surface area contributed by atoms with E-state index in [-0.39, 0.29) is 5.91 Å². The van der Waals surface area contributed by atoms with Crippen LogP contribution in [-0.4, -0.2) is 15.9 Å². The summed E-state index contributed by atoms with van der Waals surface area (Å²) in [5.74, 6) is -0.115. The molecule has 0 atom stereocenters. The van der Waals surface area contributed by atoms with Gasteiger partial charge in [0.05, 0.1) is 12.1 Å². The Hall–Kier alpha value is -3.01. The van der Waals surface area contributed by atoms with Gasteiger partial charge in [-0.25, -0.2) is 9.97 Å². The van der Waals surface area contributed by atoms with Gasteiger partial charge in [0.15, 0.2) is 0 Å². The molecule has 0 N–H and O–H groups in total. The molecule has 0 aliphatic rings. The summed E-state index contributed by atoms with van der Waals surface area (Å²) in [7, 11) is 0. The first-order valence-electron chi connectivity index (χ1n) is 7.00. The summed E-state index contributed by atoms with van der Waals surface area (Å²) in [5.41, 5.74) is 2.39. The second-order valence-corrected chi connectivity index (χ2v) is 4.84. The van der Waals surface area contributed by atoms with Crippen LogP contribution >= 0.6 is 0 Å². The number of para-hydroxylation sites is 1. The maximum Gasteiger partial charge on any atom is 0.261 e. The van der Waals surface area contributed by atoms with Gasteiger partial charge in [0.2, 0.25) is 0 Å². The highest BCUT2D eigenvalue weighted by atomic mass is 16.2. The summed E-state index contributed by atoms with van der Waals surface area (Å²) in [6.45, 7) is 0.499. The molecule has 0 saturated carbocycles. The topological polar surface area (TPSA) is 46.1 Å². The van der Waals surface area contributed by atoms with Gasteiger partial charge >= 0.3 is 0 Å². The van der Waals surface area contributed by atoms with E-state index in [1.165, 1.54) is 18.7 Å². The molecule has 1 heterocycles. The van der Waals surface area contributed by atoms with Crippen LogP contribution < -0.4 is 4.90 Å². The standard InChI is InChI=1S/C18H15N3O/c22-18(16-11-19-14-20-12-16)21(17-9-5-2-6-10-17)13-15-7-3-1-4-8-15/h1-12,14H,13H2. The highest BCUT2D eigenvalue weighted by Gasteiger charge is 2.18. The van der Waals surface area contributed by atoms with Crippen molar-refractivity contribution in [2.75, 3.05) is 4.90 Å². The molecule has 1 amide bonds. The zero-order chi connectivity index (χ0) is 15.2. The molecule has 4 heteroatoms. The average molecular weight is 289 g/mol. The van der Waals surface area contributed by atoms with Gasteiger partial charge in [-0.15, -0.1) is 0 Å². The van der Waals surface area contributed by atoms with Crippen LogP contribution in [0.3, 0.4) is 0 Å². The minimum Gasteiger partial charge on any atom is -0.304 e. The maximum atomic E-state index is 12.8. The van der Waals surface area contributed by atoms with Crippen LogP contribution in [0.15, 0.2) is 79.4 Å². The fourth-order valence-corrected chi connectivity index (χ4v) is 2.22. The molecule has 3 rings (SSSR count). The molecule has 0 spiro atoms. The summed E-state index contributed by atoms with van der Waals surface area (Å²) >= 11 is 0. The summed E-state index contributed by atoms with van der Waals surface area (Å²) in [5, 5.41) is 0. The molecule has 108 valence electrons. The lowest BCUT2D eigenvalue weighted by Crippen LogP contribution is -2.30. The van der Waals surface area contributed by atoms with Crippen molar-refractivity contribution in [3.05, 3.63) is 90.5 Å². The van der Waals surface area contributed by atoms with Gasteiger partial charge in [0.1, 0.15) is 6.33 Å².